The van der Waals surface area contributed by atoms with E-state index in [4.69, 9.17) is 0 Å². The van der Waals surface area contributed by atoms with Crippen LogP contribution in [0.15, 0.2) is 18.2 Å². The molecule has 2 heteroatoms. The molecule has 1 aliphatic heterocycles. The molecule has 0 bridgehead atoms. The molecule has 2 rings (SSSR count). The normalized spacial score (nSPS) is 21.9. The number of aromatic hydroxyl groups is 1. The fraction of sp³-hybridized carbons (Fsp3) is 0.400. The Bertz CT molecular complexity index is 296. The molecule has 0 saturated heterocycles. The van der Waals surface area contributed by atoms with Gasteiger partial charge in [-0.1, -0.05) is 12.1 Å². The van der Waals surface area contributed by atoms with Gasteiger partial charge >= 0.3 is 0 Å². The van der Waals surface area contributed by atoms with Crippen LogP contribution in [0.25, 0.3) is 0 Å². The zero-order valence-electron chi connectivity index (χ0n) is 7.17. The minimum absolute atomic E-state index is 0.445. The van der Waals surface area contributed by atoms with E-state index in [0.717, 1.165) is 18.5 Å². The van der Waals surface area contributed by atoms with Crippen LogP contribution < -0.4 is 5.32 Å². The average molecular weight is 163 g/mol. The Balaban J connectivity index is 2.43. The zero-order valence-corrected chi connectivity index (χ0v) is 7.17. The minimum Gasteiger partial charge on any atom is -0.508 e. The van der Waals surface area contributed by atoms with Crippen LogP contribution in [-0.4, -0.2) is 11.1 Å². The number of nitrogens with one attached hydrogen (secondary N) is 1. The lowest BCUT2D eigenvalue weighted by atomic mass is 9.96. The Labute approximate surface area is 72.2 Å². The van der Waals surface area contributed by atoms with E-state index < -0.39 is 0 Å². The van der Waals surface area contributed by atoms with Gasteiger partial charge in [-0.3, -0.25) is 0 Å². The van der Waals surface area contributed by atoms with Crippen molar-refractivity contribution in [3.05, 3.63) is 29.3 Å². The van der Waals surface area contributed by atoms with Crippen LogP contribution in [0.4, 0.5) is 0 Å². The Morgan fingerprint density at radius 3 is 3.17 bits per heavy atom. The molecule has 0 fully saturated rings. The van der Waals surface area contributed by atoms with Gasteiger partial charge in [0.2, 0.25) is 0 Å². The third-order valence-electron chi connectivity index (χ3n) is 2.40. The van der Waals surface area contributed by atoms with E-state index in [2.05, 4.69) is 18.3 Å². The average Bonchev–Trinajstić information content (AvgIpc) is 2.07. The van der Waals surface area contributed by atoms with Gasteiger partial charge in [0.05, 0.1) is 0 Å². The quantitative estimate of drug-likeness (QED) is 0.606. The molecule has 1 unspecified atom stereocenters. The highest BCUT2D eigenvalue weighted by molar-refractivity contribution is 5.41. The third-order valence-corrected chi connectivity index (χ3v) is 2.40. The summed E-state index contributed by atoms with van der Waals surface area (Å²) in [6.07, 6.45) is 0.933. The highest BCUT2D eigenvalue weighted by Crippen LogP contribution is 2.25. The lowest BCUT2D eigenvalue weighted by Crippen LogP contribution is -2.32. The number of rotatable bonds is 0. The number of hydrogen-bond donors (Lipinski definition) is 2. The molecule has 2 nitrogen and oxygen atoms in total. The van der Waals surface area contributed by atoms with Gasteiger partial charge in [-0.2, -0.15) is 0 Å². The van der Waals surface area contributed by atoms with E-state index in [9.17, 15) is 5.11 Å². The van der Waals surface area contributed by atoms with Crippen molar-refractivity contribution in [2.75, 3.05) is 0 Å². The topological polar surface area (TPSA) is 32.3 Å². The van der Waals surface area contributed by atoms with Crippen LogP contribution in [0.2, 0.25) is 0 Å². The minimum atomic E-state index is 0.445. The fourth-order valence-electron chi connectivity index (χ4n) is 1.68. The zero-order chi connectivity index (χ0) is 8.55. The highest BCUT2D eigenvalue weighted by atomic mass is 16.3. The van der Waals surface area contributed by atoms with E-state index in [1.807, 2.05) is 6.07 Å². The summed E-state index contributed by atoms with van der Waals surface area (Å²) in [6.45, 7) is 3.01. The molecule has 0 saturated carbocycles. The van der Waals surface area contributed by atoms with E-state index in [1.54, 1.807) is 6.07 Å². The van der Waals surface area contributed by atoms with Crippen molar-refractivity contribution in [2.45, 2.75) is 25.9 Å². The summed E-state index contributed by atoms with van der Waals surface area (Å²) in [5.41, 5.74) is 2.34. The van der Waals surface area contributed by atoms with Crippen molar-refractivity contribution in [1.29, 1.82) is 0 Å². The summed E-state index contributed by atoms with van der Waals surface area (Å²) >= 11 is 0. The maximum absolute atomic E-state index is 9.55. The molecule has 1 aromatic rings. The van der Waals surface area contributed by atoms with E-state index in [1.165, 1.54) is 5.56 Å². The van der Waals surface area contributed by atoms with Crippen molar-refractivity contribution in [3.63, 3.8) is 0 Å². The number of fused-ring (bicyclic) bond motifs is 1. The maximum Gasteiger partial charge on any atom is 0.119 e. The number of phenols is 1. The molecule has 12 heavy (non-hydrogen) atoms. The second kappa shape index (κ2) is 2.79. The van der Waals surface area contributed by atoms with Gasteiger partial charge in [0.1, 0.15) is 5.75 Å². The Hall–Kier alpha value is -1.02. The number of phenolic OH excluding ortho intramolecular Hbond substituents is 1. The van der Waals surface area contributed by atoms with E-state index in [0.29, 0.717) is 11.8 Å². The van der Waals surface area contributed by atoms with Gasteiger partial charge in [-0.25, -0.2) is 0 Å². The first kappa shape index (κ1) is 7.62. The van der Waals surface area contributed by atoms with Gasteiger partial charge in [0, 0.05) is 12.6 Å². The molecule has 0 amide bonds. The van der Waals surface area contributed by atoms with Gasteiger partial charge in [-0.15, -0.1) is 0 Å². The molecule has 1 aliphatic rings. The predicted octanol–water partition coefficient (Wildman–Crippen LogP) is 1.43. The first-order valence-electron chi connectivity index (χ1n) is 4.30. The predicted molar refractivity (Wildman–Crippen MR) is 48.1 cm³/mol. The second-order valence-corrected chi connectivity index (χ2v) is 3.40. The molecule has 0 aliphatic carbocycles. The molecule has 0 radical (unpaired) electrons. The lowest BCUT2D eigenvalue weighted by Gasteiger charge is -2.23. The largest absolute Gasteiger partial charge is 0.508 e. The van der Waals surface area contributed by atoms with Crippen LogP contribution >= 0.6 is 0 Å². The summed E-state index contributed by atoms with van der Waals surface area (Å²) in [5.74, 6) is 0.445. The summed E-state index contributed by atoms with van der Waals surface area (Å²) in [5, 5.41) is 12.9. The summed E-state index contributed by atoms with van der Waals surface area (Å²) in [4.78, 5) is 0. The van der Waals surface area contributed by atoms with Crippen molar-refractivity contribution in [1.82, 2.24) is 5.32 Å². The second-order valence-electron chi connectivity index (χ2n) is 3.40. The monoisotopic (exact) mass is 163 g/mol. The Morgan fingerprint density at radius 1 is 1.50 bits per heavy atom. The fourth-order valence-corrected chi connectivity index (χ4v) is 1.68. The molecule has 64 valence electrons. The Morgan fingerprint density at radius 2 is 2.33 bits per heavy atom. The molecule has 1 aromatic carbocycles. The smallest absolute Gasteiger partial charge is 0.119 e. The van der Waals surface area contributed by atoms with Gasteiger partial charge < -0.3 is 10.4 Å². The van der Waals surface area contributed by atoms with E-state index in [-0.39, 0.29) is 0 Å². The molecular formula is C10H13NO. The molecule has 2 N–H and O–H groups in total. The number of benzene rings is 1. The van der Waals surface area contributed by atoms with Crippen LogP contribution in [0.5, 0.6) is 5.75 Å². The van der Waals surface area contributed by atoms with Gasteiger partial charge in [0.25, 0.3) is 0 Å². The molecule has 0 aromatic heterocycles. The maximum atomic E-state index is 9.55. The summed E-state index contributed by atoms with van der Waals surface area (Å²) in [6, 6.07) is 6.20. The summed E-state index contributed by atoms with van der Waals surface area (Å²) in [7, 11) is 0. The van der Waals surface area contributed by atoms with Crippen molar-refractivity contribution >= 4 is 0 Å². The SMILES string of the molecule is CC1Cc2c(O)cccc2CN1. The molecule has 1 heterocycles. The lowest BCUT2D eigenvalue weighted by molar-refractivity contribution is 0.445. The van der Waals surface area contributed by atoms with E-state index >= 15 is 0 Å². The third kappa shape index (κ3) is 1.18. The number of hydrogen-bond acceptors (Lipinski definition) is 2. The van der Waals surface area contributed by atoms with Crippen LogP contribution in [0.3, 0.4) is 0 Å². The van der Waals surface area contributed by atoms with Crippen LogP contribution in [0, 0.1) is 0 Å². The van der Waals surface area contributed by atoms with Gasteiger partial charge in [0.15, 0.2) is 0 Å². The van der Waals surface area contributed by atoms with Crippen molar-refractivity contribution in [3.8, 4) is 5.75 Å². The van der Waals surface area contributed by atoms with Crippen molar-refractivity contribution < 1.29 is 5.11 Å². The molecular weight excluding hydrogens is 150 g/mol. The van der Waals surface area contributed by atoms with Crippen LogP contribution in [-0.2, 0) is 13.0 Å². The van der Waals surface area contributed by atoms with Gasteiger partial charge in [-0.05, 0) is 30.5 Å². The first-order valence-corrected chi connectivity index (χ1v) is 4.30. The summed E-state index contributed by atoms with van der Waals surface area (Å²) < 4.78 is 0. The van der Waals surface area contributed by atoms with Crippen LogP contribution in [0.1, 0.15) is 18.1 Å². The standard InChI is InChI=1S/C10H13NO/c1-7-5-9-8(6-11-7)3-2-4-10(9)12/h2-4,7,11-12H,5-6H2,1H3. The highest BCUT2D eigenvalue weighted by Gasteiger charge is 2.16. The molecule has 1 atom stereocenters. The molecule has 0 spiro atoms. The first-order chi connectivity index (χ1) is 5.77. The Kier molecular flexibility index (Phi) is 1.77. The van der Waals surface area contributed by atoms with Crippen molar-refractivity contribution in [2.24, 2.45) is 0 Å².